The fraction of sp³-hybridized carbons (Fsp3) is 0.444. The summed E-state index contributed by atoms with van der Waals surface area (Å²) in [7, 11) is 0. The summed E-state index contributed by atoms with van der Waals surface area (Å²) >= 11 is 0. The van der Waals surface area contributed by atoms with E-state index in [0.29, 0.717) is 24.6 Å². The van der Waals surface area contributed by atoms with Crippen LogP contribution in [0.5, 0.6) is 0 Å². The molecule has 3 N–H and O–H groups in total. The summed E-state index contributed by atoms with van der Waals surface area (Å²) in [6.45, 7) is 2.72. The number of carboxylic acids is 1. The van der Waals surface area contributed by atoms with E-state index in [1.54, 1.807) is 6.33 Å². The smallest absolute Gasteiger partial charge is 0.316 e. The first-order valence-electron chi connectivity index (χ1n) is 8.15. The van der Waals surface area contributed by atoms with Gasteiger partial charge in [0.1, 0.15) is 5.41 Å². The Morgan fingerprint density at radius 2 is 2.22 bits per heavy atom. The van der Waals surface area contributed by atoms with Crippen LogP contribution in [0.15, 0.2) is 42.9 Å². The summed E-state index contributed by atoms with van der Waals surface area (Å²) in [5, 5.41) is 9.79. The normalized spacial score (nSPS) is 24.3. The maximum atomic E-state index is 11.9. The Labute approximate surface area is 136 Å². The molecule has 3 rings (SSSR count). The lowest BCUT2D eigenvalue weighted by Gasteiger charge is -2.14. The van der Waals surface area contributed by atoms with Crippen molar-refractivity contribution in [3.05, 3.63) is 48.5 Å². The SMILES string of the molecule is CC[C@H](CN)C[C@@H]1C[C@]1(C(=O)O)c1cn(-c2ccccc2)cn1. The Bertz CT molecular complexity index is 679. The first-order valence-corrected chi connectivity index (χ1v) is 8.15. The number of carboxylic acid groups (broad SMARTS) is 1. The lowest BCUT2D eigenvalue weighted by molar-refractivity contribution is -0.140. The van der Waals surface area contributed by atoms with Crippen LogP contribution in [0, 0.1) is 11.8 Å². The van der Waals surface area contributed by atoms with Crippen LogP contribution in [0.1, 0.15) is 31.9 Å². The van der Waals surface area contributed by atoms with Gasteiger partial charge in [0.2, 0.25) is 0 Å². The van der Waals surface area contributed by atoms with E-state index in [4.69, 9.17) is 5.73 Å². The summed E-state index contributed by atoms with van der Waals surface area (Å²) < 4.78 is 1.88. The predicted octanol–water partition coefficient (Wildman–Crippen LogP) is 2.59. The molecule has 5 heteroatoms. The molecule has 1 heterocycles. The molecule has 0 saturated heterocycles. The highest BCUT2D eigenvalue weighted by Gasteiger charge is 2.63. The highest BCUT2D eigenvalue weighted by atomic mass is 16.4. The molecular weight excluding hydrogens is 290 g/mol. The average Bonchev–Trinajstić information content (AvgIpc) is 3.09. The van der Waals surface area contributed by atoms with Gasteiger partial charge in [0.15, 0.2) is 0 Å². The number of rotatable bonds is 7. The number of imidazole rings is 1. The summed E-state index contributed by atoms with van der Waals surface area (Å²) in [5.74, 6) is -0.252. The van der Waals surface area contributed by atoms with Gasteiger partial charge in [-0.2, -0.15) is 0 Å². The Morgan fingerprint density at radius 3 is 2.83 bits per heavy atom. The molecule has 3 atom stereocenters. The molecule has 0 spiro atoms. The molecule has 23 heavy (non-hydrogen) atoms. The number of para-hydroxylation sites is 1. The molecule has 1 aromatic carbocycles. The van der Waals surface area contributed by atoms with Crippen molar-refractivity contribution in [1.82, 2.24) is 9.55 Å². The molecule has 0 bridgehead atoms. The second kappa shape index (κ2) is 6.16. The molecule has 1 aliphatic carbocycles. The van der Waals surface area contributed by atoms with Crippen molar-refractivity contribution in [2.75, 3.05) is 6.54 Å². The molecule has 0 unspecified atom stereocenters. The number of aromatic nitrogens is 2. The van der Waals surface area contributed by atoms with Crippen LogP contribution in [0.25, 0.3) is 5.69 Å². The van der Waals surface area contributed by atoms with Gasteiger partial charge in [-0.05, 0) is 43.4 Å². The van der Waals surface area contributed by atoms with Gasteiger partial charge in [0, 0.05) is 11.9 Å². The van der Waals surface area contributed by atoms with Gasteiger partial charge < -0.3 is 15.4 Å². The summed E-state index contributed by atoms with van der Waals surface area (Å²) in [6.07, 6.45) is 6.06. The van der Waals surface area contributed by atoms with E-state index in [0.717, 1.165) is 18.5 Å². The van der Waals surface area contributed by atoms with Crippen molar-refractivity contribution >= 4 is 5.97 Å². The van der Waals surface area contributed by atoms with Crippen LogP contribution in [0.2, 0.25) is 0 Å². The summed E-state index contributed by atoms with van der Waals surface area (Å²) in [5.41, 5.74) is 6.59. The monoisotopic (exact) mass is 313 g/mol. The summed E-state index contributed by atoms with van der Waals surface area (Å²) in [6, 6.07) is 9.81. The molecule has 1 aliphatic rings. The number of hydrogen-bond donors (Lipinski definition) is 2. The number of carbonyl (C=O) groups is 1. The van der Waals surface area contributed by atoms with Crippen LogP contribution in [-0.4, -0.2) is 27.2 Å². The quantitative estimate of drug-likeness (QED) is 0.823. The van der Waals surface area contributed by atoms with Gasteiger partial charge in [-0.3, -0.25) is 4.79 Å². The fourth-order valence-electron chi connectivity index (χ4n) is 3.43. The maximum absolute atomic E-state index is 11.9. The zero-order valence-corrected chi connectivity index (χ0v) is 13.4. The molecule has 0 amide bonds. The van der Waals surface area contributed by atoms with E-state index in [-0.39, 0.29) is 5.92 Å². The Morgan fingerprint density at radius 1 is 1.48 bits per heavy atom. The Kier molecular flexibility index (Phi) is 4.22. The van der Waals surface area contributed by atoms with Crippen LogP contribution in [0.3, 0.4) is 0 Å². The van der Waals surface area contributed by atoms with Crippen LogP contribution in [0.4, 0.5) is 0 Å². The third-order valence-corrected chi connectivity index (χ3v) is 5.11. The second-order valence-electron chi connectivity index (χ2n) is 6.42. The zero-order valence-electron chi connectivity index (χ0n) is 13.4. The van der Waals surface area contributed by atoms with E-state index in [1.165, 1.54) is 0 Å². The maximum Gasteiger partial charge on any atom is 0.316 e. The van der Waals surface area contributed by atoms with Crippen LogP contribution in [-0.2, 0) is 10.2 Å². The van der Waals surface area contributed by atoms with E-state index in [2.05, 4.69) is 11.9 Å². The fourth-order valence-corrected chi connectivity index (χ4v) is 3.43. The van der Waals surface area contributed by atoms with Gasteiger partial charge in [-0.15, -0.1) is 0 Å². The molecule has 1 fully saturated rings. The topological polar surface area (TPSA) is 81.1 Å². The van der Waals surface area contributed by atoms with Gasteiger partial charge >= 0.3 is 5.97 Å². The highest BCUT2D eigenvalue weighted by molar-refractivity contribution is 5.85. The number of nitrogens with two attached hydrogens (primary N) is 1. The van der Waals surface area contributed by atoms with Gasteiger partial charge in [-0.25, -0.2) is 4.98 Å². The van der Waals surface area contributed by atoms with E-state index >= 15 is 0 Å². The van der Waals surface area contributed by atoms with Crippen molar-refractivity contribution < 1.29 is 9.90 Å². The summed E-state index contributed by atoms with van der Waals surface area (Å²) in [4.78, 5) is 16.3. The van der Waals surface area contributed by atoms with Gasteiger partial charge in [-0.1, -0.05) is 31.5 Å². The minimum absolute atomic E-state index is 0.132. The van der Waals surface area contributed by atoms with Gasteiger partial charge in [0.05, 0.1) is 12.0 Å². The van der Waals surface area contributed by atoms with Gasteiger partial charge in [0.25, 0.3) is 0 Å². The Hall–Kier alpha value is -2.14. The van der Waals surface area contributed by atoms with E-state index < -0.39 is 11.4 Å². The second-order valence-corrected chi connectivity index (χ2v) is 6.42. The van der Waals surface area contributed by atoms with E-state index in [1.807, 2.05) is 41.1 Å². The third kappa shape index (κ3) is 2.77. The number of nitrogens with zero attached hydrogens (tertiary/aromatic N) is 2. The van der Waals surface area contributed by atoms with Crippen molar-refractivity contribution in [2.45, 2.75) is 31.6 Å². The first-order chi connectivity index (χ1) is 11.1. The average molecular weight is 313 g/mol. The molecule has 1 saturated carbocycles. The Balaban J connectivity index is 1.84. The first kappa shape index (κ1) is 15.7. The highest BCUT2D eigenvalue weighted by Crippen LogP contribution is 2.57. The van der Waals surface area contributed by atoms with Crippen molar-refractivity contribution in [3.63, 3.8) is 0 Å². The molecule has 0 aliphatic heterocycles. The van der Waals surface area contributed by atoms with Crippen LogP contribution < -0.4 is 5.73 Å². The molecule has 5 nitrogen and oxygen atoms in total. The minimum atomic E-state index is -0.831. The molecule has 0 radical (unpaired) electrons. The molecular formula is C18H23N3O2. The molecule has 122 valence electrons. The molecule has 1 aromatic heterocycles. The number of aliphatic carboxylic acids is 1. The predicted molar refractivity (Wildman–Crippen MR) is 88.4 cm³/mol. The van der Waals surface area contributed by atoms with Crippen LogP contribution >= 0.6 is 0 Å². The van der Waals surface area contributed by atoms with Crippen molar-refractivity contribution in [1.29, 1.82) is 0 Å². The minimum Gasteiger partial charge on any atom is -0.481 e. The third-order valence-electron chi connectivity index (χ3n) is 5.11. The number of hydrogen-bond acceptors (Lipinski definition) is 3. The van der Waals surface area contributed by atoms with Crippen molar-refractivity contribution in [2.24, 2.45) is 17.6 Å². The van der Waals surface area contributed by atoms with Crippen molar-refractivity contribution in [3.8, 4) is 5.69 Å². The lowest BCUT2D eigenvalue weighted by atomic mass is 9.92. The standard InChI is InChI=1S/C18H23N3O2/c1-2-13(10-19)8-14-9-18(14,17(22)23)16-11-21(12-20-16)15-6-4-3-5-7-15/h3-7,11-14H,2,8-10,19H2,1H3,(H,22,23)/t13-,14+,18+/m0/s1. The largest absolute Gasteiger partial charge is 0.481 e. The zero-order chi connectivity index (χ0) is 16.4. The number of benzene rings is 1. The molecule has 2 aromatic rings. The lowest BCUT2D eigenvalue weighted by Crippen LogP contribution is -2.25. The van der Waals surface area contributed by atoms with E-state index in [9.17, 15) is 9.90 Å².